The number of aliphatic imine (C=N–C) groups is 1. The molecule has 3 aliphatic carbocycles. The third kappa shape index (κ3) is 3.95. The van der Waals surface area contributed by atoms with Crippen LogP contribution in [0.15, 0.2) is 47.5 Å². The minimum absolute atomic E-state index is 0.0502. The van der Waals surface area contributed by atoms with E-state index in [9.17, 15) is 10.2 Å². The molecular formula is C28H37N5O2. The average Bonchev–Trinajstić information content (AvgIpc) is 3.64. The number of guanidine groups is 1. The van der Waals surface area contributed by atoms with Crippen LogP contribution in [0.2, 0.25) is 0 Å². The number of nitrogens with zero attached hydrogens (tertiary/aromatic N) is 2. The molecule has 1 aliphatic heterocycles. The molecule has 2 bridgehead atoms. The predicted molar refractivity (Wildman–Crippen MR) is 139 cm³/mol. The summed E-state index contributed by atoms with van der Waals surface area (Å²) in [5.74, 6) is 1.14. The number of rotatable bonds is 5. The summed E-state index contributed by atoms with van der Waals surface area (Å²) >= 11 is 0. The largest absolute Gasteiger partial charge is 0.508 e. The smallest absolute Gasteiger partial charge is 0.191 e. The molecule has 0 radical (unpaired) electrons. The Balaban J connectivity index is 1.34. The summed E-state index contributed by atoms with van der Waals surface area (Å²) in [5, 5.41) is 26.8. The van der Waals surface area contributed by atoms with Gasteiger partial charge in [0.25, 0.3) is 0 Å². The van der Waals surface area contributed by atoms with Crippen molar-refractivity contribution in [2.24, 2.45) is 22.4 Å². The maximum atomic E-state index is 12.6. The van der Waals surface area contributed by atoms with E-state index in [0.29, 0.717) is 5.75 Å². The fourth-order valence-electron chi connectivity index (χ4n) is 7.34. The molecule has 0 spiro atoms. The van der Waals surface area contributed by atoms with Crippen molar-refractivity contribution in [2.75, 3.05) is 18.4 Å². The highest BCUT2D eigenvalue weighted by atomic mass is 16.3. The van der Waals surface area contributed by atoms with Crippen LogP contribution in [0.5, 0.6) is 5.75 Å². The highest BCUT2D eigenvalue weighted by molar-refractivity contribution is 5.79. The Labute approximate surface area is 207 Å². The predicted octanol–water partition coefficient (Wildman–Crippen LogP) is 3.36. The molecule has 0 unspecified atom stereocenters. The molecule has 4 atom stereocenters. The maximum absolute atomic E-state index is 12.6. The van der Waals surface area contributed by atoms with Crippen molar-refractivity contribution in [1.82, 2.24) is 4.90 Å². The van der Waals surface area contributed by atoms with E-state index in [2.05, 4.69) is 21.3 Å². The standard InChI is InChI=1S/C28H37N5O2/c29-26(30)32-21-7-5-20(6-8-21)31-22-10-12-28(35)25-14-19-4-9-23(34)15-24(19)27(28,16-22)11-1-13-33(25)17-18-2-3-18/h4-9,15,18,22,25,31,34-35H,1-3,10-14,16-17H2,(H4,29,30,32)/t22-,25-,27-,28-/m1/s1. The number of nitrogens with two attached hydrogens (primary N) is 2. The van der Waals surface area contributed by atoms with E-state index >= 15 is 0 Å². The molecule has 35 heavy (non-hydrogen) atoms. The molecular weight excluding hydrogens is 438 g/mol. The van der Waals surface area contributed by atoms with Gasteiger partial charge in [0.2, 0.25) is 0 Å². The summed E-state index contributed by atoms with van der Waals surface area (Å²) in [7, 11) is 0. The molecule has 2 aromatic rings. The monoisotopic (exact) mass is 475 g/mol. The van der Waals surface area contributed by atoms with Crippen LogP contribution in [0.1, 0.15) is 56.1 Å². The fraction of sp³-hybridized carbons (Fsp3) is 0.536. The lowest BCUT2D eigenvalue weighted by atomic mass is 9.50. The molecule has 7 nitrogen and oxygen atoms in total. The van der Waals surface area contributed by atoms with Crippen molar-refractivity contribution in [3.63, 3.8) is 0 Å². The topological polar surface area (TPSA) is 120 Å². The van der Waals surface area contributed by atoms with E-state index in [1.165, 1.54) is 24.0 Å². The summed E-state index contributed by atoms with van der Waals surface area (Å²) < 4.78 is 0. The summed E-state index contributed by atoms with van der Waals surface area (Å²) in [6.07, 6.45) is 8.05. The number of likely N-dealkylation sites (tertiary alicyclic amines) is 1. The molecule has 0 aromatic heterocycles. The lowest BCUT2D eigenvalue weighted by Crippen LogP contribution is -2.68. The lowest BCUT2D eigenvalue weighted by molar-refractivity contribution is -0.129. The number of hydrogen-bond donors (Lipinski definition) is 5. The van der Waals surface area contributed by atoms with Crippen molar-refractivity contribution < 1.29 is 10.2 Å². The van der Waals surface area contributed by atoms with Gasteiger partial charge in [0.05, 0.1) is 11.3 Å². The second-order valence-corrected chi connectivity index (χ2v) is 11.3. The molecule has 0 amide bonds. The molecule has 1 heterocycles. The van der Waals surface area contributed by atoms with E-state index < -0.39 is 5.60 Å². The van der Waals surface area contributed by atoms with Crippen LogP contribution in [-0.4, -0.2) is 51.8 Å². The van der Waals surface area contributed by atoms with Crippen molar-refractivity contribution in [1.29, 1.82) is 0 Å². The molecule has 2 aromatic carbocycles. The van der Waals surface area contributed by atoms with Crippen LogP contribution < -0.4 is 16.8 Å². The first-order chi connectivity index (χ1) is 16.9. The molecule has 2 saturated carbocycles. The Morgan fingerprint density at radius 1 is 1.09 bits per heavy atom. The number of benzene rings is 2. The van der Waals surface area contributed by atoms with Gasteiger partial charge in [-0.25, -0.2) is 4.99 Å². The molecule has 6 rings (SSSR count). The summed E-state index contributed by atoms with van der Waals surface area (Å²) in [5.41, 5.74) is 14.1. The van der Waals surface area contributed by atoms with Gasteiger partial charge in [0.15, 0.2) is 5.96 Å². The molecule has 1 saturated heterocycles. The van der Waals surface area contributed by atoms with E-state index in [1.54, 1.807) is 0 Å². The summed E-state index contributed by atoms with van der Waals surface area (Å²) in [6.45, 7) is 2.16. The van der Waals surface area contributed by atoms with Crippen molar-refractivity contribution in [3.8, 4) is 5.75 Å². The van der Waals surface area contributed by atoms with E-state index in [0.717, 1.165) is 68.9 Å². The molecule has 4 aliphatic rings. The quantitative estimate of drug-likeness (QED) is 0.334. The number of anilines is 1. The van der Waals surface area contributed by atoms with Gasteiger partial charge >= 0.3 is 0 Å². The fourth-order valence-corrected chi connectivity index (χ4v) is 7.34. The Bertz CT molecular complexity index is 1130. The van der Waals surface area contributed by atoms with Gasteiger partial charge in [-0.05, 0) is 111 Å². The summed E-state index contributed by atoms with van der Waals surface area (Å²) in [6, 6.07) is 14.1. The highest BCUT2D eigenvalue weighted by Gasteiger charge is 2.63. The van der Waals surface area contributed by atoms with Crippen molar-refractivity contribution in [3.05, 3.63) is 53.6 Å². The van der Waals surface area contributed by atoms with Gasteiger partial charge in [-0.15, -0.1) is 0 Å². The Kier molecular flexibility index (Phi) is 5.45. The number of fused-ring (bicyclic) bond motifs is 1. The number of aromatic hydroxyl groups is 1. The second-order valence-electron chi connectivity index (χ2n) is 11.3. The second kappa shape index (κ2) is 8.42. The zero-order valence-corrected chi connectivity index (χ0v) is 20.3. The lowest BCUT2D eigenvalue weighted by Gasteiger charge is -2.60. The Hall–Kier alpha value is -2.77. The molecule has 7 N–H and O–H groups in total. The SMILES string of the molecule is NC(N)=Nc1ccc(N[C@@H]2CC[C@@]3(O)[C@H]4Cc5ccc(O)cc5[C@@]3(CCCN4CC3CC3)C2)cc1. The van der Waals surface area contributed by atoms with Crippen LogP contribution in [0, 0.1) is 5.92 Å². The zero-order valence-electron chi connectivity index (χ0n) is 20.3. The van der Waals surface area contributed by atoms with Crippen LogP contribution in [0.3, 0.4) is 0 Å². The van der Waals surface area contributed by atoms with E-state index in [4.69, 9.17) is 11.5 Å². The highest BCUT2D eigenvalue weighted by Crippen LogP contribution is 2.58. The first-order valence-electron chi connectivity index (χ1n) is 13.1. The van der Waals surface area contributed by atoms with Crippen LogP contribution in [0.25, 0.3) is 0 Å². The van der Waals surface area contributed by atoms with Gasteiger partial charge < -0.3 is 27.0 Å². The van der Waals surface area contributed by atoms with Gasteiger partial charge in [-0.1, -0.05) is 6.07 Å². The van der Waals surface area contributed by atoms with Gasteiger partial charge in [0.1, 0.15) is 5.75 Å². The van der Waals surface area contributed by atoms with Crippen molar-refractivity contribution in [2.45, 2.75) is 74.5 Å². The molecule has 186 valence electrons. The maximum Gasteiger partial charge on any atom is 0.191 e. The van der Waals surface area contributed by atoms with E-state index in [1.807, 2.05) is 36.4 Å². The number of nitrogens with one attached hydrogen (secondary N) is 1. The van der Waals surface area contributed by atoms with Gasteiger partial charge in [0, 0.05) is 29.7 Å². The first kappa shape index (κ1) is 22.7. The number of aliphatic hydroxyl groups is 1. The van der Waals surface area contributed by atoms with Gasteiger partial charge in [-0.3, -0.25) is 4.90 Å². The van der Waals surface area contributed by atoms with E-state index in [-0.39, 0.29) is 23.5 Å². The minimum Gasteiger partial charge on any atom is -0.508 e. The normalized spacial score (nSPS) is 32.1. The number of hydrogen-bond acceptors (Lipinski definition) is 5. The third-order valence-electron chi connectivity index (χ3n) is 9.05. The zero-order chi connectivity index (χ0) is 24.2. The van der Waals surface area contributed by atoms with Crippen molar-refractivity contribution >= 4 is 17.3 Å². The minimum atomic E-state index is -0.783. The number of phenolic OH excluding ortho intramolecular Hbond substituents is 1. The third-order valence-corrected chi connectivity index (χ3v) is 9.05. The van der Waals surface area contributed by atoms with Crippen LogP contribution in [0.4, 0.5) is 11.4 Å². The molecule has 3 fully saturated rings. The Morgan fingerprint density at radius 2 is 1.89 bits per heavy atom. The number of phenols is 1. The Morgan fingerprint density at radius 3 is 2.63 bits per heavy atom. The van der Waals surface area contributed by atoms with Crippen LogP contribution in [-0.2, 0) is 11.8 Å². The average molecular weight is 476 g/mol. The molecule has 7 heteroatoms. The summed E-state index contributed by atoms with van der Waals surface area (Å²) in [4.78, 5) is 6.73. The van der Waals surface area contributed by atoms with Crippen LogP contribution >= 0.6 is 0 Å². The first-order valence-corrected chi connectivity index (χ1v) is 13.1. The van der Waals surface area contributed by atoms with Gasteiger partial charge in [-0.2, -0.15) is 0 Å².